The summed E-state index contributed by atoms with van der Waals surface area (Å²) < 4.78 is 0. The number of carbonyl (C=O) groups excluding carboxylic acids is 1. The molecule has 0 radical (unpaired) electrons. The molecule has 1 amide bonds. The highest BCUT2D eigenvalue weighted by molar-refractivity contribution is 6.29. The maximum Gasteiger partial charge on any atom is 0.276 e. The summed E-state index contributed by atoms with van der Waals surface area (Å²) in [5.74, 6) is 0.247. The van der Waals surface area contributed by atoms with E-state index < -0.39 is 4.92 Å². The number of nitro groups is 1. The fourth-order valence-corrected chi connectivity index (χ4v) is 1.48. The number of halogens is 1. The fraction of sp³-hybridized carbons (Fsp3) is 0.400. The third-order valence-electron chi connectivity index (χ3n) is 2.32. The number of carbonyl (C=O) groups is 1. The first kappa shape index (κ1) is 14.2. The second-order valence-corrected chi connectivity index (χ2v) is 4.00. The molecular weight excluding hydrogens is 260 g/mol. The third kappa shape index (κ3) is 3.85. The van der Waals surface area contributed by atoms with Gasteiger partial charge >= 0.3 is 0 Å². The first-order valence-electron chi connectivity index (χ1n) is 5.17. The van der Waals surface area contributed by atoms with Gasteiger partial charge in [0.1, 0.15) is 11.0 Å². The largest absolute Gasteiger partial charge is 0.359 e. The maximum absolute atomic E-state index is 11.1. The highest BCUT2D eigenvalue weighted by Crippen LogP contribution is 2.22. The van der Waals surface area contributed by atoms with E-state index in [2.05, 4.69) is 10.3 Å². The molecular formula is C10H13ClN4O3. The van der Waals surface area contributed by atoms with Gasteiger partial charge < -0.3 is 10.2 Å². The Labute approximate surface area is 109 Å². The molecule has 0 aliphatic heterocycles. The molecule has 18 heavy (non-hydrogen) atoms. The van der Waals surface area contributed by atoms with Crippen LogP contribution in [-0.2, 0) is 4.79 Å². The molecule has 0 saturated carbocycles. The van der Waals surface area contributed by atoms with E-state index in [9.17, 15) is 14.9 Å². The van der Waals surface area contributed by atoms with Crippen LogP contribution in [0.5, 0.6) is 0 Å². The lowest BCUT2D eigenvalue weighted by atomic mass is 10.3. The zero-order valence-corrected chi connectivity index (χ0v) is 10.8. The minimum Gasteiger partial charge on any atom is -0.359 e. The Morgan fingerprint density at radius 2 is 2.28 bits per heavy atom. The van der Waals surface area contributed by atoms with Crippen LogP contribution in [0.3, 0.4) is 0 Å². The SMILES string of the molecule is CNC(=O)CCN(C)c1cc([N+](=O)[O-])cc(Cl)n1. The van der Waals surface area contributed by atoms with E-state index in [4.69, 9.17) is 11.6 Å². The quantitative estimate of drug-likeness (QED) is 0.494. The van der Waals surface area contributed by atoms with Crippen LogP contribution in [0, 0.1) is 10.1 Å². The van der Waals surface area contributed by atoms with E-state index in [0.29, 0.717) is 12.4 Å². The van der Waals surface area contributed by atoms with E-state index in [1.165, 1.54) is 12.1 Å². The van der Waals surface area contributed by atoms with Gasteiger partial charge in [0.25, 0.3) is 5.69 Å². The normalized spacial score (nSPS) is 9.94. The standard InChI is InChI=1S/C10H13ClN4O3/c1-12-10(16)3-4-14(2)9-6-7(15(17)18)5-8(11)13-9/h5-6H,3-4H2,1-2H3,(H,12,16). The van der Waals surface area contributed by atoms with E-state index >= 15 is 0 Å². The van der Waals surface area contributed by atoms with Crippen molar-refractivity contribution in [3.8, 4) is 0 Å². The van der Waals surface area contributed by atoms with Crippen molar-refractivity contribution in [2.24, 2.45) is 0 Å². The molecule has 1 aromatic rings. The van der Waals surface area contributed by atoms with Gasteiger partial charge in [-0.2, -0.15) is 0 Å². The van der Waals surface area contributed by atoms with Crippen molar-refractivity contribution in [1.29, 1.82) is 0 Å². The number of nitrogens with zero attached hydrogens (tertiary/aromatic N) is 3. The van der Waals surface area contributed by atoms with Crippen molar-refractivity contribution >= 4 is 29.0 Å². The third-order valence-corrected chi connectivity index (χ3v) is 2.51. The Hall–Kier alpha value is -1.89. The van der Waals surface area contributed by atoms with Crippen molar-refractivity contribution in [1.82, 2.24) is 10.3 Å². The Bertz CT molecular complexity index is 466. The Morgan fingerprint density at radius 1 is 1.61 bits per heavy atom. The highest BCUT2D eigenvalue weighted by Gasteiger charge is 2.13. The molecule has 1 aromatic heterocycles. The first-order valence-corrected chi connectivity index (χ1v) is 5.55. The van der Waals surface area contributed by atoms with Crippen molar-refractivity contribution in [3.05, 3.63) is 27.4 Å². The lowest BCUT2D eigenvalue weighted by Gasteiger charge is -2.17. The number of hydrogen-bond donors (Lipinski definition) is 1. The zero-order valence-electron chi connectivity index (χ0n) is 10.0. The predicted molar refractivity (Wildman–Crippen MR) is 67.9 cm³/mol. The van der Waals surface area contributed by atoms with E-state index in [-0.39, 0.29) is 23.2 Å². The molecule has 0 saturated heterocycles. The number of nitrogens with one attached hydrogen (secondary N) is 1. The van der Waals surface area contributed by atoms with Crippen molar-refractivity contribution in [2.45, 2.75) is 6.42 Å². The van der Waals surface area contributed by atoms with Crippen LogP contribution in [0.2, 0.25) is 5.15 Å². The number of hydrogen-bond acceptors (Lipinski definition) is 5. The molecule has 1 heterocycles. The summed E-state index contributed by atoms with van der Waals surface area (Å²) >= 11 is 5.71. The average molecular weight is 273 g/mol. The topological polar surface area (TPSA) is 88.4 Å². The summed E-state index contributed by atoms with van der Waals surface area (Å²) in [6.07, 6.45) is 0.273. The molecule has 7 nitrogen and oxygen atoms in total. The van der Waals surface area contributed by atoms with Crippen LogP contribution in [0.15, 0.2) is 12.1 Å². The van der Waals surface area contributed by atoms with Gasteiger partial charge in [-0.25, -0.2) is 4.98 Å². The van der Waals surface area contributed by atoms with E-state index in [1.54, 1.807) is 19.0 Å². The van der Waals surface area contributed by atoms with Crippen molar-refractivity contribution < 1.29 is 9.72 Å². The number of pyridine rings is 1. The van der Waals surface area contributed by atoms with E-state index in [1.807, 2.05) is 0 Å². The summed E-state index contributed by atoms with van der Waals surface area (Å²) in [5, 5.41) is 13.2. The molecule has 0 atom stereocenters. The molecule has 0 fully saturated rings. The zero-order chi connectivity index (χ0) is 13.7. The van der Waals surface area contributed by atoms with E-state index in [0.717, 1.165) is 0 Å². The molecule has 8 heteroatoms. The van der Waals surface area contributed by atoms with Crippen LogP contribution >= 0.6 is 11.6 Å². The molecule has 0 aromatic carbocycles. The van der Waals surface area contributed by atoms with Gasteiger partial charge in [0, 0.05) is 27.1 Å². The summed E-state index contributed by atoms with van der Waals surface area (Å²) in [5.41, 5.74) is -0.128. The van der Waals surface area contributed by atoms with Gasteiger partial charge in [-0.3, -0.25) is 14.9 Å². The van der Waals surface area contributed by atoms with Crippen LogP contribution in [-0.4, -0.2) is 36.5 Å². The van der Waals surface area contributed by atoms with Gasteiger partial charge in [0.15, 0.2) is 0 Å². The molecule has 0 unspecified atom stereocenters. The Morgan fingerprint density at radius 3 is 2.83 bits per heavy atom. The minimum atomic E-state index is -0.538. The van der Waals surface area contributed by atoms with Gasteiger partial charge in [-0.1, -0.05) is 11.6 Å². The first-order chi connectivity index (χ1) is 8.43. The lowest BCUT2D eigenvalue weighted by Crippen LogP contribution is -2.26. The summed E-state index contributed by atoms with van der Waals surface area (Å²) in [4.78, 5) is 26.8. The second kappa shape index (κ2) is 6.15. The lowest BCUT2D eigenvalue weighted by molar-refractivity contribution is -0.384. The highest BCUT2D eigenvalue weighted by atomic mass is 35.5. The Kier molecular flexibility index (Phi) is 4.85. The van der Waals surface area contributed by atoms with Gasteiger partial charge in [0.05, 0.1) is 17.1 Å². The monoisotopic (exact) mass is 272 g/mol. The molecule has 0 aliphatic carbocycles. The molecule has 0 bridgehead atoms. The van der Waals surface area contributed by atoms with Crippen molar-refractivity contribution in [2.75, 3.05) is 25.5 Å². The average Bonchev–Trinajstić information content (AvgIpc) is 2.34. The predicted octanol–water partition coefficient (Wildman–Crippen LogP) is 1.22. The van der Waals surface area contributed by atoms with Gasteiger partial charge in [-0.05, 0) is 0 Å². The molecule has 98 valence electrons. The van der Waals surface area contributed by atoms with Gasteiger partial charge in [-0.15, -0.1) is 0 Å². The number of aromatic nitrogens is 1. The molecule has 1 N–H and O–H groups in total. The van der Waals surface area contributed by atoms with Crippen LogP contribution in [0.4, 0.5) is 11.5 Å². The molecule has 1 rings (SSSR count). The maximum atomic E-state index is 11.1. The van der Waals surface area contributed by atoms with Gasteiger partial charge in [0.2, 0.25) is 5.91 Å². The summed E-state index contributed by atoms with van der Waals surface area (Å²) in [7, 11) is 3.23. The number of rotatable bonds is 5. The van der Waals surface area contributed by atoms with Crippen LogP contribution < -0.4 is 10.2 Å². The minimum absolute atomic E-state index is 0.0472. The Balaban J connectivity index is 2.82. The van der Waals surface area contributed by atoms with Crippen molar-refractivity contribution in [3.63, 3.8) is 0 Å². The number of anilines is 1. The summed E-state index contributed by atoms with van der Waals surface area (Å²) in [6.45, 7) is 0.393. The fourth-order valence-electron chi connectivity index (χ4n) is 1.28. The second-order valence-electron chi connectivity index (χ2n) is 3.61. The molecule has 0 spiro atoms. The van der Waals surface area contributed by atoms with Crippen LogP contribution in [0.25, 0.3) is 0 Å². The van der Waals surface area contributed by atoms with Crippen LogP contribution in [0.1, 0.15) is 6.42 Å². The summed E-state index contributed by atoms with van der Waals surface area (Å²) in [6, 6.07) is 2.49. The molecule has 0 aliphatic rings. The number of amides is 1. The smallest absolute Gasteiger partial charge is 0.276 e.